The molecule has 0 aromatic carbocycles. The summed E-state index contributed by atoms with van der Waals surface area (Å²) in [5.41, 5.74) is 0. The molecule has 0 saturated heterocycles. The molecule has 1 aliphatic carbocycles. The molecule has 1 saturated carbocycles. The summed E-state index contributed by atoms with van der Waals surface area (Å²) in [4.78, 5) is 0. The zero-order valence-electron chi connectivity index (χ0n) is 6.11. The minimum atomic E-state index is 0. The van der Waals surface area contributed by atoms with E-state index in [1.54, 1.807) is 22.5 Å². The maximum atomic E-state index is 1.77. The van der Waals surface area contributed by atoms with Crippen molar-refractivity contribution in [2.75, 3.05) is 0 Å². The fraction of sp³-hybridized carbons (Fsp3) is 1.00. The van der Waals surface area contributed by atoms with Crippen LogP contribution in [-0.4, -0.2) is 39.0 Å². The van der Waals surface area contributed by atoms with E-state index < -0.39 is 0 Å². The van der Waals surface area contributed by atoms with Crippen molar-refractivity contribution in [3.63, 3.8) is 0 Å². The van der Waals surface area contributed by atoms with Gasteiger partial charge in [-0.2, -0.15) is 0 Å². The first-order chi connectivity index (χ1) is 3.39. The van der Waals surface area contributed by atoms with Gasteiger partial charge in [0.1, 0.15) is 0 Å². The van der Waals surface area contributed by atoms with Crippen LogP contribution >= 0.6 is 0 Å². The zero-order chi connectivity index (χ0) is 5.11. The van der Waals surface area contributed by atoms with Crippen molar-refractivity contribution in [3.8, 4) is 0 Å². The van der Waals surface area contributed by atoms with Crippen LogP contribution in [0.1, 0.15) is 32.1 Å². The average molecular weight is 256 g/mol. The molecule has 6 N–H and O–H groups in total. The van der Waals surface area contributed by atoms with Crippen LogP contribution in [0.3, 0.4) is 0 Å². The molecule has 0 unspecified atom stereocenters. The van der Waals surface area contributed by atoms with E-state index in [0.717, 1.165) is 3.93 Å². The maximum absolute atomic E-state index is 1.77. The Hall–Kier alpha value is 0.679. The zero-order valence-corrected chi connectivity index (χ0v) is 8.97. The van der Waals surface area contributed by atoms with Gasteiger partial charge in [-0.05, 0) is 0 Å². The first-order valence-electron chi connectivity index (χ1n) is 3.11. The van der Waals surface area contributed by atoms with Gasteiger partial charge in [-0.15, -0.1) is 0 Å². The van der Waals surface area contributed by atoms with Gasteiger partial charge >= 0.3 is 58.6 Å². The summed E-state index contributed by atoms with van der Waals surface area (Å²) in [5, 5.41) is 0. The molecular formula is C6H17O3Sn. The normalized spacial score (nSPS) is 17.7. The van der Waals surface area contributed by atoms with Crippen LogP contribution in [0.2, 0.25) is 3.93 Å². The summed E-state index contributed by atoms with van der Waals surface area (Å²) in [7, 11) is 0. The molecule has 1 fully saturated rings. The topological polar surface area (TPSA) is 94.5 Å². The Morgan fingerprint density at radius 2 is 1.20 bits per heavy atom. The molecule has 0 aromatic heterocycles. The molecule has 1 rings (SSSR count). The Kier molecular flexibility index (Phi) is 16.4. The quantitative estimate of drug-likeness (QED) is 0.519. The first-order valence-corrected chi connectivity index (χ1v) is 4.75. The molecule has 0 aliphatic heterocycles. The minimum absolute atomic E-state index is 0. The second-order valence-electron chi connectivity index (χ2n) is 2.33. The van der Waals surface area contributed by atoms with E-state index >= 15 is 0 Å². The van der Waals surface area contributed by atoms with Crippen molar-refractivity contribution in [2.24, 2.45) is 0 Å². The molecule has 1 aliphatic rings. The average Bonchev–Trinajstić information content (AvgIpc) is 1.69. The van der Waals surface area contributed by atoms with E-state index in [-0.39, 0.29) is 16.4 Å². The molecule has 0 amide bonds. The molecule has 4 heteroatoms. The molecule has 63 valence electrons. The third-order valence-electron chi connectivity index (χ3n) is 1.61. The Bertz CT molecular complexity index is 55.0. The summed E-state index contributed by atoms with van der Waals surface area (Å²) in [6.45, 7) is 0. The number of rotatable bonds is 0. The molecule has 3 radical (unpaired) electrons. The van der Waals surface area contributed by atoms with Gasteiger partial charge in [0.15, 0.2) is 0 Å². The van der Waals surface area contributed by atoms with Crippen LogP contribution in [0.25, 0.3) is 0 Å². The first kappa shape index (κ1) is 17.0. The van der Waals surface area contributed by atoms with E-state index in [1.807, 2.05) is 0 Å². The van der Waals surface area contributed by atoms with Crippen molar-refractivity contribution in [2.45, 2.75) is 36.0 Å². The van der Waals surface area contributed by atoms with Gasteiger partial charge < -0.3 is 16.4 Å². The molecule has 3 nitrogen and oxygen atoms in total. The number of hydrogen-bond acceptors (Lipinski definition) is 0. The predicted molar refractivity (Wildman–Crippen MR) is 43.4 cm³/mol. The standard InChI is InChI=1S/C6H11.3H2O.Sn/c1-2-4-6-5-3-1;;;;/h1H,2-6H2;3*1H2;. The molecule has 0 spiro atoms. The summed E-state index contributed by atoms with van der Waals surface area (Å²) in [5.74, 6) is 0. The van der Waals surface area contributed by atoms with Gasteiger partial charge in [0.2, 0.25) is 0 Å². The fourth-order valence-corrected chi connectivity index (χ4v) is 2.27. The molecule has 0 bridgehead atoms. The number of hydrogen-bond donors (Lipinski definition) is 0. The van der Waals surface area contributed by atoms with Crippen molar-refractivity contribution in [1.82, 2.24) is 0 Å². The van der Waals surface area contributed by atoms with Crippen LogP contribution in [0, 0.1) is 0 Å². The van der Waals surface area contributed by atoms with Crippen LogP contribution < -0.4 is 0 Å². The second-order valence-corrected chi connectivity index (χ2v) is 4.67. The molecule has 0 aromatic rings. The summed E-state index contributed by atoms with van der Waals surface area (Å²) >= 11 is 1.77. The van der Waals surface area contributed by atoms with Gasteiger partial charge in [0, 0.05) is 0 Å². The van der Waals surface area contributed by atoms with Crippen LogP contribution in [0.5, 0.6) is 0 Å². The summed E-state index contributed by atoms with van der Waals surface area (Å²) < 4.78 is 1.13. The summed E-state index contributed by atoms with van der Waals surface area (Å²) in [6, 6.07) is 0. The van der Waals surface area contributed by atoms with Gasteiger partial charge in [0.05, 0.1) is 0 Å². The Morgan fingerprint density at radius 1 is 0.800 bits per heavy atom. The van der Waals surface area contributed by atoms with Crippen molar-refractivity contribution in [3.05, 3.63) is 0 Å². The van der Waals surface area contributed by atoms with E-state index in [4.69, 9.17) is 0 Å². The van der Waals surface area contributed by atoms with E-state index in [9.17, 15) is 0 Å². The van der Waals surface area contributed by atoms with E-state index in [0.29, 0.717) is 0 Å². The summed E-state index contributed by atoms with van der Waals surface area (Å²) in [6.07, 6.45) is 7.58. The monoisotopic (exact) mass is 257 g/mol. The third-order valence-corrected chi connectivity index (χ3v) is 3.25. The van der Waals surface area contributed by atoms with E-state index in [2.05, 4.69) is 0 Å². The Balaban J connectivity index is -0.000000163. The van der Waals surface area contributed by atoms with E-state index in [1.165, 1.54) is 32.1 Å². The van der Waals surface area contributed by atoms with Crippen LogP contribution in [0.15, 0.2) is 0 Å². The molecule has 0 atom stereocenters. The van der Waals surface area contributed by atoms with Gasteiger partial charge in [-0.3, -0.25) is 0 Å². The molecule has 10 heavy (non-hydrogen) atoms. The van der Waals surface area contributed by atoms with Crippen molar-refractivity contribution in [1.29, 1.82) is 0 Å². The predicted octanol–water partition coefficient (Wildman–Crippen LogP) is -0.567. The van der Waals surface area contributed by atoms with Gasteiger partial charge in [0.25, 0.3) is 0 Å². The molecule has 0 heterocycles. The van der Waals surface area contributed by atoms with Crippen molar-refractivity contribution >= 4 is 22.5 Å². The Morgan fingerprint density at radius 3 is 1.40 bits per heavy atom. The van der Waals surface area contributed by atoms with Crippen LogP contribution in [0.4, 0.5) is 0 Å². The fourth-order valence-electron chi connectivity index (χ4n) is 1.10. The van der Waals surface area contributed by atoms with Crippen LogP contribution in [-0.2, 0) is 0 Å². The SMILES string of the molecule is O.O.O.[Sn][CH]1CCCCC1. The van der Waals surface area contributed by atoms with Gasteiger partial charge in [-0.25, -0.2) is 0 Å². The second kappa shape index (κ2) is 9.68. The Labute approximate surface area is 75.2 Å². The third kappa shape index (κ3) is 6.79. The van der Waals surface area contributed by atoms with Crippen molar-refractivity contribution < 1.29 is 16.4 Å². The molecular weight excluding hydrogens is 239 g/mol. The van der Waals surface area contributed by atoms with Gasteiger partial charge in [-0.1, -0.05) is 0 Å².